The molecule has 1 amide bonds. The molecule has 0 spiro atoms. The van der Waals surface area contributed by atoms with Crippen LogP contribution in [0, 0.1) is 0 Å². The number of hydrogen-bond donors (Lipinski definition) is 3. The third-order valence-electron chi connectivity index (χ3n) is 2.74. The summed E-state index contributed by atoms with van der Waals surface area (Å²) in [5.41, 5.74) is 1.54. The van der Waals surface area contributed by atoms with Crippen molar-refractivity contribution < 1.29 is 4.79 Å². The van der Waals surface area contributed by atoms with Gasteiger partial charge in [-0.3, -0.25) is 9.89 Å². The number of aromatic nitrogens is 2. The van der Waals surface area contributed by atoms with E-state index in [1.165, 1.54) is 0 Å². The molecule has 5 heteroatoms. The van der Waals surface area contributed by atoms with Crippen LogP contribution >= 0.6 is 0 Å². The van der Waals surface area contributed by atoms with Gasteiger partial charge in [0.15, 0.2) is 0 Å². The highest BCUT2D eigenvalue weighted by atomic mass is 16.1. The van der Waals surface area contributed by atoms with E-state index in [1.54, 1.807) is 6.20 Å². The number of H-pyrrole nitrogens is 1. The quantitative estimate of drug-likeness (QED) is 0.673. The van der Waals surface area contributed by atoms with Gasteiger partial charge in [0, 0.05) is 18.5 Å². The van der Waals surface area contributed by atoms with Crippen LogP contribution in [0.2, 0.25) is 0 Å². The lowest BCUT2D eigenvalue weighted by atomic mass is 10.1. The monoisotopic (exact) mass is 246 g/mol. The Bertz CT molecular complexity index is 520. The van der Waals surface area contributed by atoms with Gasteiger partial charge in [0.2, 0.25) is 0 Å². The average molecular weight is 246 g/mol. The standard InChI is InChI=1S/C13H18N4O/c1-2-6-14-7-8-15-13(18)10-4-3-5-12-11(10)9-16-17-12/h3-5,9,14H,2,6-8H2,1H3,(H,15,18)(H,16,17). The van der Waals surface area contributed by atoms with E-state index >= 15 is 0 Å². The highest BCUT2D eigenvalue weighted by Gasteiger charge is 2.09. The molecule has 18 heavy (non-hydrogen) atoms. The van der Waals surface area contributed by atoms with Gasteiger partial charge < -0.3 is 10.6 Å². The summed E-state index contributed by atoms with van der Waals surface area (Å²) in [4.78, 5) is 12.0. The topological polar surface area (TPSA) is 69.8 Å². The summed E-state index contributed by atoms with van der Waals surface area (Å²) in [5, 5.41) is 13.8. The van der Waals surface area contributed by atoms with Gasteiger partial charge in [0.25, 0.3) is 5.91 Å². The van der Waals surface area contributed by atoms with Gasteiger partial charge in [-0.05, 0) is 25.1 Å². The lowest BCUT2D eigenvalue weighted by molar-refractivity contribution is 0.0955. The van der Waals surface area contributed by atoms with E-state index in [0.717, 1.165) is 30.4 Å². The van der Waals surface area contributed by atoms with Crippen molar-refractivity contribution in [2.75, 3.05) is 19.6 Å². The highest BCUT2D eigenvalue weighted by Crippen LogP contribution is 2.15. The third-order valence-corrected chi connectivity index (χ3v) is 2.74. The van der Waals surface area contributed by atoms with Gasteiger partial charge >= 0.3 is 0 Å². The van der Waals surface area contributed by atoms with E-state index < -0.39 is 0 Å². The van der Waals surface area contributed by atoms with Crippen molar-refractivity contribution >= 4 is 16.8 Å². The lowest BCUT2D eigenvalue weighted by Gasteiger charge is -2.06. The zero-order valence-corrected chi connectivity index (χ0v) is 10.5. The molecule has 0 radical (unpaired) electrons. The van der Waals surface area contributed by atoms with Crippen LogP contribution in [0.15, 0.2) is 24.4 Å². The molecule has 0 aliphatic heterocycles. The number of nitrogens with one attached hydrogen (secondary N) is 3. The Hall–Kier alpha value is -1.88. The van der Waals surface area contributed by atoms with Crippen molar-refractivity contribution in [2.24, 2.45) is 0 Å². The molecule has 0 atom stereocenters. The Kier molecular flexibility index (Phi) is 4.30. The van der Waals surface area contributed by atoms with Crippen LogP contribution in [0.4, 0.5) is 0 Å². The van der Waals surface area contributed by atoms with Crippen LogP contribution in [-0.2, 0) is 0 Å². The summed E-state index contributed by atoms with van der Waals surface area (Å²) in [6.45, 7) is 4.52. The van der Waals surface area contributed by atoms with Crippen LogP contribution in [0.3, 0.4) is 0 Å². The molecule has 2 aromatic rings. The molecular formula is C13H18N4O. The fourth-order valence-electron chi connectivity index (χ4n) is 1.83. The summed E-state index contributed by atoms with van der Waals surface area (Å²) >= 11 is 0. The number of rotatable bonds is 6. The molecule has 96 valence electrons. The van der Waals surface area contributed by atoms with Crippen molar-refractivity contribution in [3.8, 4) is 0 Å². The second kappa shape index (κ2) is 6.16. The van der Waals surface area contributed by atoms with Crippen LogP contribution in [0.1, 0.15) is 23.7 Å². The van der Waals surface area contributed by atoms with E-state index in [1.807, 2.05) is 18.2 Å². The molecule has 1 aromatic carbocycles. The molecule has 0 saturated carbocycles. The minimum Gasteiger partial charge on any atom is -0.351 e. The molecule has 2 rings (SSSR count). The van der Waals surface area contributed by atoms with Crippen molar-refractivity contribution in [3.63, 3.8) is 0 Å². The predicted molar refractivity (Wildman–Crippen MR) is 71.6 cm³/mol. The first-order valence-electron chi connectivity index (χ1n) is 6.24. The van der Waals surface area contributed by atoms with Gasteiger partial charge in [-0.25, -0.2) is 0 Å². The summed E-state index contributed by atoms with van der Waals surface area (Å²) < 4.78 is 0. The number of nitrogens with zero attached hydrogens (tertiary/aromatic N) is 1. The van der Waals surface area contributed by atoms with Crippen molar-refractivity contribution in [1.82, 2.24) is 20.8 Å². The fourth-order valence-corrected chi connectivity index (χ4v) is 1.83. The van der Waals surface area contributed by atoms with E-state index in [-0.39, 0.29) is 5.91 Å². The number of carbonyl (C=O) groups is 1. The summed E-state index contributed by atoms with van der Waals surface area (Å²) in [6.07, 6.45) is 2.78. The largest absolute Gasteiger partial charge is 0.351 e. The van der Waals surface area contributed by atoms with E-state index in [9.17, 15) is 4.79 Å². The maximum absolute atomic E-state index is 12.0. The summed E-state index contributed by atoms with van der Waals surface area (Å²) in [5.74, 6) is -0.0553. The zero-order chi connectivity index (χ0) is 12.8. The first-order chi connectivity index (χ1) is 8.83. The van der Waals surface area contributed by atoms with Crippen molar-refractivity contribution in [1.29, 1.82) is 0 Å². The minimum absolute atomic E-state index is 0.0553. The zero-order valence-electron chi connectivity index (χ0n) is 10.5. The average Bonchev–Trinajstić information content (AvgIpc) is 2.86. The molecule has 0 fully saturated rings. The molecule has 3 N–H and O–H groups in total. The van der Waals surface area contributed by atoms with Crippen molar-refractivity contribution in [3.05, 3.63) is 30.0 Å². The molecule has 5 nitrogen and oxygen atoms in total. The SMILES string of the molecule is CCCNCCNC(=O)c1cccc2[nH]ncc12. The van der Waals surface area contributed by atoms with Gasteiger partial charge in [-0.1, -0.05) is 13.0 Å². The Morgan fingerprint density at radius 1 is 1.33 bits per heavy atom. The molecule has 1 heterocycles. The minimum atomic E-state index is -0.0553. The third kappa shape index (κ3) is 2.87. The highest BCUT2D eigenvalue weighted by molar-refractivity contribution is 6.05. The van der Waals surface area contributed by atoms with Gasteiger partial charge in [0.1, 0.15) is 0 Å². The number of aromatic amines is 1. The number of hydrogen-bond acceptors (Lipinski definition) is 3. The molecule has 0 aliphatic carbocycles. The summed E-state index contributed by atoms with van der Waals surface area (Å²) in [7, 11) is 0. The Morgan fingerprint density at radius 3 is 3.06 bits per heavy atom. The van der Waals surface area contributed by atoms with Crippen LogP contribution < -0.4 is 10.6 Å². The first-order valence-corrected chi connectivity index (χ1v) is 6.24. The van der Waals surface area contributed by atoms with Crippen LogP contribution in [-0.4, -0.2) is 35.7 Å². The Morgan fingerprint density at radius 2 is 2.22 bits per heavy atom. The fraction of sp³-hybridized carbons (Fsp3) is 0.385. The Labute approximate surface area is 106 Å². The van der Waals surface area contributed by atoms with Crippen LogP contribution in [0.5, 0.6) is 0 Å². The molecule has 1 aromatic heterocycles. The van der Waals surface area contributed by atoms with Crippen LogP contribution in [0.25, 0.3) is 10.9 Å². The Balaban J connectivity index is 1.94. The molecule has 0 unspecified atom stereocenters. The number of amides is 1. The maximum atomic E-state index is 12.0. The van der Waals surface area contributed by atoms with E-state index in [0.29, 0.717) is 12.1 Å². The predicted octanol–water partition coefficient (Wildman–Crippen LogP) is 1.29. The normalized spacial score (nSPS) is 10.7. The van der Waals surface area contributed by atoms with Crippen molar-refractivity contribution in [2.45, 2.75) is 13.3 Å². The maximum Gasteiger partial charge on any atom is 0.252 e. The smallest absolute Gasteiger partial charge is 0.252 e. The first kappa shape index (κ1) is 12.6. The molecular weight excluding hydrogens is 228 g/mol. The number of carbonyl (C=O) groups excluding carboxylic acids is 1. The van der Waals surface area contributed by atoms with Gasteiger partial charge in [0.05, 0.1) is 17.3 Å². The molecule has 0 saturated heterocycles. The van der Waals surface area contributed by atoms with E-state index in [2.05, 4.69) is 27.8 Å². The van der Waals surface area contributed by atoms with Gasteiger partial charge in [-0.15, -0.1) is 0 Å². The molecule has 0 aliphatic rings. The number of fused-ring (bicyclic) bond motifs is 1. The second-order valence-electron chi connectivity index (χ2n) is 4.14. The molecule has 0 bridgehead atoms. The van der Waals surface area contributed by atoms with E-state index in [4.69, 9.17) is 0 Å². The van der Waals surface area contributed by atoms with Gasteiger partial charge in [-0.2, -0.15) is 5.10 Å². The second-order valence-corrected chi connectivity index (χ2v) is 4.14. The number of benzene rings is 1. The lowest BCUT2D eigenvalue weighted by Crippen LogP contribution is -2.32. The summed E-state index contributed by atoms with van der Waals surface area (Å²) in [6, 6.07) is 5.57.